The SMILES string of the molecule is CC.CC(=O)/C(C)=C/c1ccc(-c2nccc(Nc3ccc(/C(N)=C/N)cc3)n2)cc1C.CCC(F)(F)CC. The van der Waals surface area contributed by atoms with Gasteiger partial charge in [-0.25, -0.2) is 18.7 Å². The van der Waals surface area contributed by atoms with Crippen molar-refractivity contribution in [1.82, 2.24) is 9.97 Å². The first kappa shape index (κ1) is 33.0. The van der Waals surface area contributed by atoms with E-state index < -0.39 is 5.92 Å². The molecule has 0 saturated carbocycles. The molecule has 0 fully saturated rings. The average Bonchev–Trinajstić information content (AvgIpc) is 2.95. The van der Waals surface area contributed by atoms with E-state index in [1.807, 2.05) is 82.3 Å². The second-order valence-electron chi connectivity index (χ2n) is 8.61. The van der Waals surface area contributed by atoms with E-state index in [0.717, 1.165) is 33.5 Å². The van der Waals surface area contributed by atoms with Gasteiger partial charge in [0.2, 0.25) is 5.92 Å². The van der Waals surface area contributed by atoms with Gasteiger partial charge >= 0.3 is 0 Å². The number of rotatable bonds is 8. The zero-order valence-corrected chi connectivity index (χ0v) is 24.0. The van der Waals surface area contributed by atoms with E-state index >= 15 is 0 Å². The number of aromatic nitrogens is 2. The molecule has 0 aliphatic rings. The van der Waals surface area contributed by atoms with Crippen LogP contribution >= 0.6 is 0 Å². The molecule has 0 saturated heterocycles. The number of nitrogens with zero attached hydrogens (tertiary/aromatic N) is 2. The highest BCUT2D eigenvalue weighted by atomic mass is 19.3. The van der Waals surface area contributed by atoms with Gasteiger partial charge < -0.3 is 16.8 Å². The van der Waals surface area contributed by atoms with Gasteiger partial charge in [0.25, 0.3) is 0 Å². The third-order valence-electron chi connectivity index (χ3n) is 5.82. The van der Waals surface area contributed by atoms with Gasteiger partial charge in [-0.05, 0) is 73.4 Å². The summed E-state index contributed by atoms with van der Waals surface area (Å²) in [5.41, 5.74) is 17.2. The van der Waals surface area contributed by atoms with Gasteiger partial charge in [-0.15, -0.1) is 0 Å². The summed E-state index contributed by atoms with van der Waals surface area (Å²) in [6.07, 6.45) is 4.92. The topological polar surface area (TPSA) is 107 Å². The van der Waals surface area contributed by atoms with Gasteiger partial charge in [0.15, 0.2) is 11.6 Å². The van der Waals surface area contributed by atoms with Crippen molar-refractivity contribution in [2.24, 2.45) is 11.5 Å². The fourth-order valence-electron chi connectivity index (χ4n) is 3.12. The summed E-state index contributed by atoms with van der Waals surface area (Å²) >= 11 is 0. The van der Waals surface area contributed by atoms with E-state index in [1.54, 1.807) is 13.1 Å². The number of Topliss-reactive ketones (excluding diaryl/α,β-unsaturated/α-hetero) is 1. The maximum Gasteiger partial charge on any atom is 0.247 e. The van der Waals surface area contributed by atoms with E-state index in [0.29, 0.717) is 17.3 Å². The minimum atomic E-state index is -2.42. The molecule has 0 amide bonds. The Labute approximate surface area is 231 Å². The number of carbonyl (C=O) groups is 1. The Hall–Kier alpha value is -4.07. The molecule has 2 aromatic carbocycles. The van der Waals surface area contributed by atoms with Crippen LogP contribution in [0.3, 0.4) is 0 Å². The van der Waals surface area contributed by atoms with Crippen LogP contribution in [0.2, 0.25) is 0 Å². The van der Waals surface area contributed by atoms with E-state index in [1.165, 1.54) is 20.0 Å². The highest BCUT2D eigenvalue weighted by Crippen LogP contribution is 2.24. The number of carbonyl (C=O) groups excluding carboxylic acids is 1. The van der Waals surface area contributed by atoms with E-state index in [4.69, 9.17) is 11.5 Å². The number of anilines is 2. The quantitative estimate of drug-likeness (QED) is 0.252. The molecule has 0 unspecified atom stereocenters. The van der Waals surface area contributed by atoms with Crippen LogP contribution in [0.5, 0.6) is 0 Å². The van der Waals surface area contributed by atoms with Crippen LogP contribution in [0, 0.1) is 6.92 Å². The summed E-state index contributed by atoms with van der Waals surface area (Å²) in [5.74, 6) is -1.05. The summed E-state index contributed by atoms with van der Waals surface area (Å²) in [5, 5.41) is 3.27. The number of ketones is 1. The number of halogens is 2. The minimum Gasteiger partial charge on any atom is -0.403 e. The average molecular weight is 538 g/mol. The van der Waals surface area contributed by atoms with Crippen molar-refractivity contribution in [2.75, 3.05) is 5.32 Å². The summed E-state index contributed by atoms with van der Waals surface area (Å²) in [6, 6.07) is 15.4. The number of allylic oxidation sites excluding steroid dienone is 1. The summed E-state index contributed by atoms with van der Waals surface area (Å²) in [7, 11) is 0. The number of nitrogens with one attached hydrogen (secondary N) is 1. The smallest absolute Gasteiger partial charge is 0.247 e. The number of hydrogen-bond acceptors (Lipinski definition) is 6. The Morgan fingerprint density at radius 2 is 1.64 bits per heavy atom. The minimum absolute atomic E-state index is 0.0382. The van der Waals surface area contributed by atoms with Gasteiger partial charge in [0, 0.05) is 36.5 Å². The predicted molar refractivity (Wildman–Crippen MR) is 159 cm³/mol. The van der Waals surface area contributed by atoms with Crippen LogP contribution in [-0.2, 0) is 4.79 Å². The molecule has 0 atom stereocenters. The molecule has 3 rings (SSSR count). The van der Waals surface area contributed by atoms with Gasteiger partial charge in [0.1, 0.15) is 5.82 Å². The molecular formula is C31H41F2N5O. The second kappa shape index (κ2) is 16.0. The largest absolute Gasteiger partial charge is 0.403 e. The number of nitrogens with two attached hydrogens (primary N) is 2. The van der Waals surface area contributed by atoms with Crippen molar-refractivity contribution in [2.45, 2.75) is 67.2 Å². The molecule has 0 bridgehead atoms. The third-order valence-corrected chi connectivity index (χ3v) is 5.82. The van der Waals surface area contributed by atoms with Gasteiger partial charge in [0.05, 0.1) is 5.70 Å². The van der Waals surface area contributed by atoms with Crippen LogP contribution in [-0.4, -0.2) is 21.7 Å². The molecule has 0 radical (unpaired) electrons. The molecule has 6 nitrogen and oxygen atoms in total. The third kappa shape index (κ3) is 10.7. The molecule has 1 heterocycles. The Bertz CT molecular complexity index is 1260. The Morgan fingerprint density at radius 1 is 1.03 bits per heavy atom. The van der Waals surface area contributed by atoms with Crippen molar-refractivity contribution in [3.8, 4) is 11.4 Å². The first-order valence-corrected chi connectivity index (χ1v) is 13.1. The fraction of sp³-hybridized carbons (Fsp3) is 0.323. The molecule has 0 aliphatic carbocycles. The van der Waals surface area contributed by atoms with Crippen LogP contribution in [0.25, 0.3) is 23.2 Å². The lowest BCUT2D eigenvalue weighted by molar-refractivity contribution is -0.113. The summed E-state index contributed by atoms with van der Waals surface area (Å²) in [6.45, 7) is 12.4. The van der Waals surface area contributed by atoms with Crippen molar-refractivity contribution >= 4 is 29.1 Å². The highest BCUT2D eigenvalue weighted by Gasteiger charge is 2.21. The molecule has 0 spiro atoms. The van der Waals surface area contributed by atoms with Crippen molar-refractivity contribution in [1.29, 1.82) is 0 Å². The lowest BCUT2D eigenvalue weighted by Gasteiger charge is -2.09. The number of alkyl halides is 2. The van der Waals surface area contributed by atoms with Crippen molar-refractivity contribution in [3.63, 3.8) is 0 Å². The molecule has 5 N–H and O–H groups in total. The lowest BCUT2D eigenvalue weighted by Crippen LogP contribution is -2.10. The van der Waals surface area contributed by atoms with Gasteiger partial charge in [-0.1, -0.05) is 52.0 Å². The molecular weight excluding hydrogens is 496 g/mol. The molecule has 0 aliphatic heterocycles. The highest BCUT2D eigenvalue weighted by molar-refractivity contribution is 5.97. The normalized spacial score (nSPS) is 11.5. The van der Waals surface area contributed by atoms with E-state index in [9.17, 15) is 13.6 Å². The Morgan fingerprint density at radius 3 is 2.13 bits per heavy atom. The number of benzene rings is 2. The standard InChI is InChI=1S/C24H25N5O.C5H10F2.C2H6/c1-15(17(3)30)12-19-4-5-20(13-16(19)2)24-27-11-10-23(29-24)28-21-8-6-18(7-9-21)22(26)14-25;1-3-5(6,7)4-2;1-2/h4-14H,25-26H2,1-3H3,(H,27,28,29);3-4H2,1-2H3;1-2H3/b15-12+,22-14-;;. The second-order valence-corrected chi connectivity index (χ2v) is 8.61. The molecule has 8 heteroatoms. The number of hydrogen-bond donors (Lipinski definition) is 3. The fourth-order valence-corrected chi connectivity index (χ4v) is 3.12. The van der Waals surface area contributed by atoms with Crippen molar-refractivity contribution in [3.05, 3.63) is 83.2 Å². The van der Waals surface area contributed by atoms with E-state index in [2.05, 4.69) is 15.3 Å². The lowest BCUT2D eigenvalue weighted by atomic mass is 10.0. The predicted octanol–water partition coefficient (Wildman–Crippen LogP) is 7.87. The van der Waals surface area contributed by atoms with Crippen molar-refractivity contribution < 1.29 is 13.6 Å². The van der Waals surface area contributed by atoms with Gasteiger partial charge in [-0.2, -0.15) is 0 Å². The van der Waals surface area contributed by atoms with Crippen LogP contribution < -0.4 is 16.8 Å². The van der Waals surface area contributed by atoms with Crippen LogP contribution in [0.1, 0.15) is 71.1 Å². The summed E-state index contributed by atoms with van der Waals surface area (Å²) < 4.78 is 23.8. The maximum atomic E-state index is 11.9. The van der Waals surface area contributed by atoms with Crippen LogP contribution in [0.4, 0.5) is 20.3 Å². The van der Waals surface area contributed by atoms with Crippen LogP contribution in [0.15, 0.2) is 66.5 Å². The maximum absolute atomic E-state index is 11.9. The zero-order valence-electron chi connectivity index (χ0n) is 24.0. The van der Waals surface area contributed by atoms with Gasteiger partial charge in [-0.3, -0.25) is 4.79 Å². The monoisotopic (exact) mass is 537 g/mol. The van der Waals surface area contributed by atoms with E-state index in [-0.39, 0.29) is 18.6 Å². The Balaban J connectivity index is 0.000000735. The first-order valence-electron chi connectivity index (χ1n) is 13.1. The summed E-state index contributed by atoms with van der Waals surface area (Å²) in [4.78, 5) is 20.5. The molecule has 210 valence electrons. The Kier molecular flexibility index (Phi) is 13.5. The molecule has 39 heavy (non-hydrogen) atoms. The number of aryl methyl sites for hydroxylation is 1. The zero-order chi connectivity index (χ0) is 29.6. The first-order chi connectivity index (χ1) is 18.5. The molecule has 3 aromatic rings. The molecule has 1 aromatic heterocycles.